The highest BCUT2D eigenvalue weighted by molar-refractivity contribution is 5.23. The summed E-state index contributed by atoms with van der Waals surface area (Å²) in [5.74, 6) is 1.50. The van der Waals surface area contributed by atoms with Gasteiger partial charge in [0.05, 0.1) is 12.5 Å². The topological polar surface area (TPSA) is 22.4 Å². The second-order valence-electron chi connectivity index (χ2n) is 1.63. The molecule has 1 rings (SSSR count). The maximum absolute atomic E-state index is 4.95. The molecule has 0 saturated carbocycles. The van der Waals surface area contributed by atoms with Crippen molar-refractivity contribution < 1.29 is 9.15 Å². The number of ether oxygens (including phenoxy) is 1. The van der Waals surface area contributed by atoms with Gasteiger partial charge in [-0.05, 0) is 6.92 Å². The zero-order valence-corrected chi connectivity index (χ0v) is 5.26. The first-order chi connectivity index (χ1) is 4.34. The highest BCUT2D eigenvalue weighted by atomic mass is 16.5. The molecular weight excluding hydrogens is 116 g/mol. The predicted octanol–water partition coefficient (Wildman–Crippen LogP) is 2.11. The Hall–Kier alpha value is -1.18. The first-order valence-electron chi connectivity index (χ1n) is 2.66. The monoisotopic (exact) mass is 124 g/mol. The van der Waals surface area contributed by atoms with Crippen LogP contribution in [0.3, 0.4) is 0 Å². The molecule has 1 aromatic heterocycles. The van der Waals surface area contributed by atoms with Gasteiger partial charge in [0, 0.05) is 6.07 Å². The fraction of sp³-hybridized carbons (Fsp3) is 0.143. The molecule has 1 aromatic rings. The van der Waals surface area contributed by atoms with Crippen LogP contribution >= 0.6 is 0 Å². The summed E-state index contributed by atoms with van der Waals surface area (Å²) in [6.45, 7) is 5.24. The van der Waals surface area contributed by atoms with Crippen LogP contribution in [-0.2, 0) is 0 Å². The molecule has 2 heteroatoms. The van der Waals surface area contributed by atoms with E-state index in [4.69, 9.17) is 9.15 Å². The Balaban J connectivity index is 2.80. The van der Waals surface area contributed by atoms with Crippen molar-refractivity contribution in [3.8, 4) is 5.75 Å². The summed E-state index contributed by atoms with van der Waals surface area (Å²) in [5.41, 5.74) is 0. The van der Waals surface area contributed by atoms with Gasteiger partial charge in [-0.25, -0.2) is 0 Å². The van der Waals surface area contributed by atoms with Crippen molar-refractivity contribution >= 4 is 0 Å². The Morgan fingerprint density at radius 2 is 2.56 bits per heavy atom. The zero-order valence-electron chi connectivity index (χ0n) is 5.26. The van der Waals surface area contributed by atoms with Gasteiger partial charge in [0.15, 0.2) is 5.75 Å². The Bertz CT molecular complexity index is 200. The van der Waals surface area contributed by atoms with Crippen molar-refractivity contribution in [3.63, 3.8) is 0 Å². The molecule has 0 aliphatic heterocycles. The quantitative estimate of drug-likeness (QED) is 0.563. The first-order valence-corrected chi connectivity index (χ1v) is 2.66. The fourth-order valence-electron chi connectivity index (χ4n) is 0.585. The molecule has 2 nitrogen and oxygen atoms in total. The summed E-state index contributed by atoms with van der Waals surface area (Å²) in [7, 11) is 0. The lowest BCUT2D eigenvalue weighted by atomic mass is 10.4. The number of hydrogen-bond acceptors (Lipinski definition) is 2. The van der Waals surface area contributed by atoms with Crippen LogP contribution < -0.4 is 4.74 Å². The van der Waals surface area contributed by atoms with Gasteiger partial charge in [-0.2, -0.15) is 0 Å². The van der Waals surface area contributed by atoms with E-state index in [0.29, 0.717) is 0 Å². The van der Waals surface area contributed by atoms with Crippen LogP contribution in [0.4, 0.5) is 0 Å². The molecule has 0 spiro atoms. The largest absolute Gasteiger partial charge is 0.466 e. The number of hydrogen-bond donors (Lipinski definition) is 0. The van der Waals surface area contributed by atoms with E-state index in [-0.39, 0.29) is 0 Å². The van der Waals surface area contributed by atoms with E-state index in [2.05, 4.69) is 6.58 Å². The Labute approximate surface area is 53.7 Å². The van der Waals surface area contributed by atoms with Gasteiger partial charge in [0.2, 0.25) is 0 Å². The molecule has 48 valence electrons. The van der Waals surface area contributed by atoms with Gasteiger partial charge in [0.25, 0.3) is 0 Å². The molecule has 0 aliphatic rings. The van der Waals surface area contributed by atoms with Gasteiger partial charge in [-0.15, -0.1) is 0 Å². The number of furan rings is 1. The molecule has 0 aliphatic carbocycles. The minimum absolute atomic E-state index is 0.727. The van der Waals surface area contributed by atoms with Crippen molar-refractivity contribution in [1.82, 2.24) is 0 Å². The van der Waals surface area contributed by atoms with Gasteiger partial charge in [-0.3, -0.25) is 0 Å². The highest BCUT2D eigenvalue weighted by Gasteiger charge is 1.97. The molecule has 0 unspecified atom stereocenters. The second kappa shape index (κ2) is 2.40. The Morgan fingerprint density at radius 3 is 3.00 bits per heavy atom. The first kappa shape index (κ1) is 5.95. The molecule has 0 atom stereocenters. The van der Waals surface area contributed by atoms with Crippen molar-refractivity contribution in [2.75, 3.05) is 0 Å². The second-order valence-corrected chi connectivity index (χ2v) is 1.63. The van der Waals surface area contributed by atoms with Gasteiger partial charge >= 0.3 is 0 Å². The van der Waals surface area contributed by atoms with E-state index in [1.807, 2.05) is 6.92 Å². The summed E-state index contributed by atoms with van der Waals surface area (Å²) in [6.07, 6.45) is 2.95. The molecule has 0 aromatic carbocycles. The third kappa shape index (κ3) is 1.13. The van der Waals surface area contributed by atoms with E-state index < -0.39 is 0 Å². The SMILES string of the molecule is C=COc1ccoc1C. The molecule has 0 fully saturated rings. The van der Waals surface area contributed by atoms with E-state index in [0.717, 1.165) is 11.5 Å². The van der Waals surface area contributed by atoms with Crippen LogP contribution in [0.2, 0.25) is 0 Å². The van der Waals surface area contributed by atoms with Crippen LogP contribution in [0.1, 0.15) is 5.76 Å². The predicted molar refractivity (Wildman–Crippen MR) is 34.3 cm³/mol. The Kier molecular flexibility index (Phi) is 1.58. The normalized spacial score (nSPS) is 9.00. The summed E-state index contributed by atoms with van der Waals surface area (Å²) in [4.78, 5) is 0. The van der Waals surface area contributed by atoms with Crippen LogP contribution in [0.25, 0.3) is 0 Å². The summed E-state index contributed by atoms with van der Waals surface area (Å²) in [6, 6.07) is 1.75. The van der Waals surface area contributed by atoms with Crippen LogP contribution in [0.5, 0.6) is 5.75 Å². The van der Waals surface area contributed by atoms with E-state index >= 15 is 0 Å². The summed E-state index contributed by atoms with van der Waals surface area (Å²) < 4.78 is 9.89. The summed E-state index contributed by atoms with van der Waals surface area (Å²) in [5, 5.41) is 0. The molecular formula is C7H8O2. The minimum atomic E-state index is 0.727. The molecule has 0 saturated heterocycles. The molecule has 0 N–H and O–H groups in total. The maximum atomic E-state index is 4.95. The van der Waals surface area contributed by atoms with Crippen molar-refractivity contribution in [2.24, 2.45) is 0 Å². The van der Waals surface area contributed by atoms with Crippen molar-refractivity contribution in [2.45, 2.75) is 6.92 Å². The van der Waals surface area contributed by atoms with E-state index in [9.17, 15) is 0 Å². The molecule has 0 radical (unpaired) electrons. The number of rotatable bonds is 2. The molecule has 1 heterocycles. The van der Waals surface area contributed by atoms with Crippen molar-refractivity contribution in [3.05, 3.63) is 30.9 Å². The molecule has 0 bridgehead atoms. The third-order valence-corrected chi connectivity index (χ3v) is 1.02. The molecule has 0 amide bonds. The van der Waals surface area contributed by atoms with Gasteiger partial charge < -0.3 is 9.15 Å². The lowest BCUT2D eigenvalue weighted by Gasteiger charge is -1.92. The highest BCUT2D eigenvalue weighted by Crippen LogP contribution is 2.17. The van der Waals surface area contributed by atoms with Crippen LogP contribution in [0.15, 0.2) is 29.6 Å². The Morgan fingerprint density at radius 1 is 1.78 bits per heavy atom. The zero-order chi connectivity index (χ0) is 6.69. The number of aryl methyl sites for hydroxylation is 1. The third-order valence-electron chi connectivity index (χ3n) is 1.02. The smallest absolute Gasteiger partial charge is 0.167 e. The van der Waals surface area contributed by atoms with Gasteiger partial charge in [0.1, 0.15) is 5.76 Å². The molecule has 9 heavy (non-hydrogen) atoms. The van der Waals surface area contributed by atoms with E-state index in [1.54, 1.807) is 12.3 Å². The van der Waals surface area contributed by atoms with Crippen LogP contribution in [-0.4, -0.2) is 0 Å². The maximum Gasteiger partial charge on any atom is 0.167 e. The average molecular weight is 124 g/mol. The summed E-state index contributed by atoms with van der Waals surface area (Å²) >= 11 is 0. The lowest BCUT2D eigenvalue weighted by Crippen LogP contribution is -1.77. The van der Waals surface area contributed by atoms with Gasteiger partial charge in [-0.1, -0.05) is 6.58 Å². The lowest BCUT2D eigenvalue weighted by molar-refractivity contribution is 0.451. The van der Waals surface area contributed by atoms with Crippen LogP contribution in [0, 0.1) is 6.92 Å². The minimum Gasteiger partial charge on any atom is -0.466 e. The standard InChI is InChI=1S/C7H8O2/c1-3-8-7-4-5-9-6(7)2/h3-5H,1H2,2H3. The fourth-order valence-corrected chi connectivity index (χ4v) is 0.585. The van der Waals surface area contributed by atoms with Crippen molar-refractivity contribution in [1.29, 1.82) is 0 Å². The van der Waals surface area contributed by atoms with E-state index in [1.165, 1.54) is 6.26 Å². The average Bonchev–Trinajstić information content (AvgIpc) is 2.18.